The van der Waals surface area contributed by atoms with Gasteiger partial charge in [-0.3, -0.25) is 4.79 Å². The summed E-state index contributed by atoms with van der Waals surface area (Å²) in [5.41, 5.74) is 2.77. The van der Waals surface area contributed by atoms with Crippen LogP contribution in [0.3, 0.4) is 0 Å². The summed E-state index contributed by atoms with van der Waals surface area (Å²) < 4.78 is 11.8. The average molecular weight is 351 g/mol. The highest BCUT2D eigenvalue weighted by molar-refractivity contribution is 7.12. The van der Waals surface area contributed by atoms with Gasteiger partial charge in [0.15, 0.2) is 0 Å². The molecule has 0 spiro atoms. The van der Waals surface area contributed by atoms with Gasteiger partial charge in [0.05, 0.1) is 18.0 Å². The van der Waals surface area contributed by atoms with Crippen molar-refractivity contribution in [1.82, 2.24) is 14.8 Å². The molecule has 4 rings (SSSR count). The van der Waals surface area contributed by atoms with E-state index in [-0.39, 0.29) is 5.88 Å². The van der Waals surface area contributed by atoms with Gasteiger partial charge in [-0.25, -0.2) is 4.68 Å². The van der Waals surface area contributed by atoms with Crippen molar-refractivity contribution in [3.8, 4) is 28.0 Å². The number of methoxy groups -OCH3 is 1. The van der Waals surface area contributed by atoms with E-state index in [0.29, 0.717) is 11.6 Å². The first kappa shape index (κ1) is 15.3. The molecule has 0 saturated carbocycles. The molecule has 0 atom stereocenters. The van der Waals surface area contributed by atoms with E-state index in [0.717, 1.165) is 27.9 Å². The van der Waals surface area contributed by atoms with Crippen molar-refractivity contribution in [1.29, 1.82) is 0 Å². The second-order valence-corrected chi connectivity index (χ2v) is 6.03. The molecule has 2 heterocycles. The van der Waals surface area contributed by atoms with E-state index in [1.54, 1.807) is 17.2 Å². The predicted molar refractivity (Wildman–Crippen MR) is 95.4 cm³/mol. The first-order chi connectivity index (χ1) is 12.3. The SMILES string of the molecule is COc1ccc(-c2nn(-c3nc(OC=O)cs3)c3ccccc23)cc1. The van der Waals surface area contributed by atoms with E-state index in [2.05, 4.69) is 4.98 Å². The predicted octanol–water partition coefficient (Wildman–Crippen LogP) is 3.69. The van der Waals surface area contributed by atoms with Crippen LogP contribution in [0, 0.1) is 0 Å². The quantitative estimate of drug-likeness (QED) is 0.513. The number of hydrogen-bond acceptors (Lipinski definition) is 6. The first-order valence-corrected chi connectivity index (χ1v) is 8.36. The van der Waals surface area contributed by atoms with E-state index < -0.39 is 0 Å². The number of aromatic nitrogens is 3. The Hall–Kier alpha value is -3.19. The minimum absolute atomic E-state index is 0.264. The molecule has 0 aliphatic carbocycles. The number of para-hydroxylation sites is 1. The molecule has 7 heteroatoms. The van der Waals surface area contributed by atoms with Gasteiger partial charge < -0.3 is 9.47 Å². The van der Waals surface area contributed by atoms with Crippen LogP contribution in [0.4, 0.5) is 0 Å². The third kappa shape index (κ3) is 2.74. The van der Waals surface area contributed by atoms with Gasteiger partial charge in [0.1, 0.15) is 11.4 Å². The average Bonchev–Trinajstić information content (AvgIpc) is 3.27. The third-order valence-corrected chi connectivity index (χ3v) is 4.57. The Labute approximate surface area is 147 Å². The molecule has 0 amide bonds. The maximum Gasteiger partial charge on any atom is 0.299 e. The highest BCUT2D eigenvalue weighted by Gasteiger charge is 2.15. The van der Waals surface area contributed by atoms with E-state index in [4.69, 9.17) is 14.6 Å². The molecule has 2 aromatic heterocycles. The van der Waals surface area contributed by atoms with Crippen molar-refractivity contribution >= 4 is 28.7 Å². The van der Waals surface area contributed by atoms with Gasteiger partial charge in [-0.05, 0) is 30.3 Å². The monoisotopic (exact) mass is 351 g/mol. The lowest BCUT2D eigenvalue weighted by atomic mass is 10.1. The first-order valence-electron chi connectivity index (χ1n) is 7.48. The fourth-order valence-corrected chi connectivity index (χ4v) is 3.32. The summed E-state index contributed by atoms with van der Waals surface area (Å²) in [7, 11) is 1.64. The van der Waals surface area contributed by atoms with Crippen LogP contribution in [0.1, 0.15) is 0 Å². The second kappa shape index (κ2) is 6.37. The third-order valence-electron chi connectivity index (χ3n) is 3.77. The van der Waals surface area contributed by atoms with Crippen LogP contribution >= 0.6 is 11.3 Å². The zero-order valence-corrected chi connectivity index (χ0v) is 14.1. The Morgan fingerprint density at radius 1 is 1.12 bits per heavy atom. The summed E-state index contributed by atoms with van der Waals surface area (Å²) in [6.07, 6.45) is 0. The Morgan fingerprint density at radius 2 is 1.92 bits per heavy atom. The van der Waals surface area contributed by atoms with Crippen LogP contribution in [-0.4, -0.2) is 28.3 Å². The molecule has 0 radical (unpaired) electrons. The smallest absolute Gasteiger partial charge is 0.299 e. The molecule has 25 heavy (non-hydrogen) atoms. The van der Waals surface area contributed by atoms with E-state index in [9.17, 15) is 4.79 Å². The molecule has 0 saturated heterocycles. The lowest BCUT2D eigenvalue weighted by Gasteiger charge is -2.01. The highest BCUT2D eigenvalue weighted by Crippen LogP contribution is 2.32. The van der Waals surface area contributed by atoms with Crippen LogP contribution in [0.25, 0.3) is 27.3 Å². The largest absolute Gasteiger partial charge is 0.497 e. The van der Waals surface area contributed by atoms with E-state index in [1.165, 1.54) is 11.3 Å². The van der Waals surface area contributed by atoms with Crippen molar-refractivity contribution in [2.24, 2.45) is 0 Å². The summed E-state index contributed by atoms with van der Waals surface area (Å²) in [6.45, 7) is 0.364. The number of carbonyl (C=O) groups is 1. The summed E-state index contributed by atoms with van der Waals surface area (Å²) in [6, 6.07) is 15.7. The van der Waals surface area contributed by atoms with Crippen LogP contribution in [-0.2, 0) is 4.79 Å². The molecule has 0 unspecified atom stereocenters. The summed E-state index contributed by atoms with van der Waals surface area (Å²) in [5.74, 6) is 1.06. The standard InChI is InChI=1S/C18H13N3O3S/c1-23-13-8-6-12(7-9-13)17-14-4-2-3-5-15(14)21(20-17)18-19-16(10-25-18)24-11-22/h2-11H,1H3. The molecule has 124 valence electrons. The van der Waals surface area contributed by atoms with Crippen molar-refractivity contribution < 1.29 is 14.3 Å². The Balaban J connectivity index is 1.86. The van der Waals surface area contributed by atoms with Gasteiger partial charge in [0, 0.05) is 10.9 Å². The van der Waals surface area contributed by atoms with Gasteiger partial charge in [0.25, 0.3) is 6.47 Å². The topological polar surface area (TPSA) is 66.2 Å². The molecule has 2 aromatic carbocycles. The molecule has 0 fully saturated rings. The van der Waals surface area contributed by atoms with Crippen molar-refractivity contribution in [3.05, 3.63) is 53.9 Å². The lowest BCUT2D eigenvalue weighted by Crippen LogP contribution is -1.96. The number of benzene rings is 2. The zero-order valence-electron chi connectivity index (χ0n) is 13.2. The van der Waals surface area contributed by atoms with Gasteiger partial charge in [0.2, 0.25) is 11.0 Å². The fourth-order valence-electron chi connectivity index (χ4n) is 2.63. The maximum absolute atomic E-state index is 10.5. The number of thiazole rings is 1. The number of fused-ring (bicyclic) bond motifs is 1. The Morgan fingerprint density at radius 3 is 2.68 bits per heavy atom. The van der Waals surface area contributed by atoms with Crippen molar-refractivity contribution in [3.63, 3.8) is 0 Å². The molecule has 0 N–H and O–H groups in total. The summed E-state index contributed by atoms with van der Waals surface area (Å²) >= 11 is 1.36. The van der Waals surface area contributed by atoms with Crippen LogP contribution in [0.5, 0.6) is 11.6 Å². The molecule has 0 bridgehead atoms. The van der Waals surface area contributed by atoms with Gasteiger partial charge in [-0.15, -0.1) is 0 Å². The van der Waals surface area contributed by atoms with Gasteiger partial charge >= 0.3 is 0 Å². The van der Waals surface area contributed by atoms with Crippen LogP contribution < -0.4 is 9.47 Å². The number of ether oxygens (including phenoxy) is 2. The van der Waals surface area contributed by atoms with E-state index >= 15 is 0 Å². The summed E-state index contributed by atoms with van der Waals surface area (Å²) in [5, 5.41) is 8.06. The molecule has 0 aliphatic heterocycles. The number of rotatable bonds is 5. The van der Waals surface area contributed by atoms with Crippen molar-refractivity contribution in [2.45, 2.75) is 0 Å². The Bertz CT molecular complexity index is 1040. The maximum atomic E-state index is 10.5. The zero-order chi connectivity index (χ0) is 17.2. The molecular formula is C18H13N3O3S. The Kier molecular flexibility index (Phi) is 3.91. The number of nitrogens with zero attached hydrogens (tertiary/aromatic N) is 3. The number of hydrogen-bond donors (Lipinski definition) is 0. The lowest BCUT2D eigenvalue weighted by molar-refractivity contribution is -0.120. The molecular weight excluding hydrogens is 338 g/mol. The molecule has 0 aliphatic rings. The van der Waals surface area contributed by atoms with Crippen LogP contribution in [0.15, 0.2) is 53.9 Å². The van der Waals surface area contributed by atoms with Crippen LogP contribution in [0.2, 0.25) is 0 Å². The minimum atomic E-state index is 0.264. The minimum Gasteiger partial charge on any atom is -0.497 e. The van der Waals surface area contributed by atoms with Gasteiger partial charge in [-0.2, -0.15) is 10.1 Å². The molecule has 4 aromatic rings. The fraction of sp³-hybridized carbons (Fsp3) is 0.0556. The second-order valence-electron chi connectivity index (χ2n) is 5.19. The summed E-state index contributed by atoms with van der Waals surface area (Å²) in [4.78, 5) is 14.8. The van der Waals surface area contributed by atoms with Gasteiger partial charge in [-0.1, -0.05) is 29.5 Å². The normalized spacial score (nSPS) is 10.8. The number of carbonyl (C=O) groups excluding carboxylic acids is 1. The van der Waals surface area contributed by atoms with Crippen molar-refractivity contribution in [2.75, 3.05) is 7.11 Å². The van der Waals surface area contributed by atoms with E-state index in [1.807, 2.05) is 48.5 Å². The highest BCUT2D eigenvalue weighted by atomic mass is 32.1. The molecule has 6 nitrogen and oxygen atoms in total.